The zero-order valence-electron chi connectivity index (χ0n) is 12.6. The Morgan fingerprint density at radius 3 is 2.60 bits per heavy atom. The van der Waals surface area contributed by atoms with Crippen LogP contribution in [0.2, 0.25) is 0 Å². The first-order valence-corrected chi connectivity index (χ1v) is 9.43. The van der Waals surface area contributed by atoms with E-state index in [1.54, 1.807) is 0 Å². The van der Waals surface area contributed by atoms with Gasteiger partial charge in [-0.1, -0.05) is 27.2 Å². The zero-order chi connectivity index (χ0) is 14.9. The maximum Gasteiger partial charge on any atom is 0.241 e. The Morgan fingerprint density at radius 1 is 1.40 bits per heavy atom. The summed E-state index contributed by atoms with van der Waals surface area (Å²) in [4.78, 5) is 14.4. The molecule has 20 heavy (non-hydrogen) atoms. The molecule has 0 aromatic carbocycles. The molecule has 0 saturated carbocycles. The summed E-state index contributed by atoms with van der Waals surface area (Å²) in [6, 6.07) is -0.121. The lowest BCUT2D eigenvalue weighted by atomic mass is 10.0. The third-order valence-electron chi connectivity index (χ3n) is 4.31. The van der Waals surface area contributed by atoms with Crippen molar-refractivity contribution in [1.29, 1.82) is 0 Å². The van der Waals surface area contributed by atoms with Crippen molar-refractivity contribution in [3.05, 3.63) is 0 Å². The number of carbonyl (C=O) groups excluding carboxylic acids is 1. The van der Waals surface area contributed by atoms with Crippen molar-refractivity contribution in [3.8, 4) is 0 Å². The molecule has 3 atom stereocenters. The van der Waals surface area contributed by atoms with E-state index in [0.717, 1.165) is 12.8 Å². The molecule has 3 unspecified atom stereocenters. The lowest BCUT2D eigenvalue weighted by Gasteiger charge is -2.26. The van der Waals surface area contributed by atoms with E-state index in [0.29, 0.717) is 13.0 Å². The molecule has 116 valence electrons. The summed E-state index contributed by atoms with van der Waals surface area (Å²) in [5.74, 6) is 1.03. The molecule has 0 spiro atoms. The van der Waals surface area contributed by atoms with Crippen LogP contribution in [-0.2, 0) is 14.6 Å². The van der Waals surface area contributed by atoms with Gasteiger partial charge in [-0.15, -0.1) is 0 Å². The van der Waals surface area contributed by atoms with E-state index in [4.69, 9.17) is 0 Å². The van der Waals surface area contributed by atoms with Gasteiger partial charge in [0.2, 0.25) is 5.91 Å². The number of nitrogens with one attached hydrogen (secondary N) is 1. The van der Waals surface area contributed by atoms with Gasteiger partial charge in [0.05, 0.1) is 23.7 Å². The van der Waals surface area contributed by atoms with Gasteiger partial charge in [0, 0.05) is 6.54 Å². The fourth-order valence-electron chi connectivity index (χ4n) is 3.20. The molecule has 2 aliphatic rings. The van der Waals surface area contributed by atoms with E-state index in [9.17, 15) is 13.2 Å². The maximum absolute atomic E-state index is 12.5. The van der Waals surface area contributed by atoms with Gasteiger partial charge in [0.15, 0.2) is 9.84 Å². The van der Waals surface area contributed by atoms with Gasteiger partial charge in [-0.3, -0.25) is 10.1 Å². The van der Waals surface area contributed by atoms with Crippen molar-refractivity contribution in [1.82, 2.24) is 10.2 Å². The first kappa shape index (κ1) is 15.8. The average Bonchev–Trinajstić information content (AvgIpc) is 2.84. The molecular formula is C14H26N2O3S. The number of carbonyl (C=O) groups is 1. The molecule has 6 heteroatoms. The first-order valence-electron chi connectivity index (χ1n) is 7.61. The number of rotatable bonds is 5. The quantitative estimate of drug-likeness (QED) is 0.823. The second kappa shape index (κ2) is 6.02. The highest BCUT2D eigenvalue weighted by atomic mass is 32.2. The largest absolute Gasteiger partial charge is 0.325 e. The van der Waals surface area contributed by atoms with Crippen LogP contribution in [0.15, 0.2) is 0 Å². The summed E-state index contributed by atoms with van der Waals surface area (Å²) in [7, 11) is -2.87. The number of amides is 1. The molecule has 0 radical (unpaired) electrons. The topological polar surface area (TPSA) is 66.5 Å². The third-order valence-corrected chi connectivity index (χ3v) is 6.14. The molecule has 2 aliphatic heterocycles. The second-order valence-electron chi connectivity index (χ2n) is 6.45. The van der Waals surface area contributed by atoms with Crippen LogP contribution in [-0.4, -0.2) is 49.5 Å². The van der Waals surface area contributed by atoms with Crippen LogP contribution in [0.5, 0.6) is 0 Å². The molecule has 0 aromatic rings. The normalized spacial score (nSPS) is 33.3. The highest BCUT2D eigenvalue weighted by Crippen LogP contribution is 2.25. The molecule has 2 saturated heterocycles. The molecule has 2 rings (SSSR count). The van der Waals surface area contributed by atoms with Crippen molar-refractivity contribution in [2.24, 2.45) is 11.8 Å². The van der Waals surface area contributed by atoms with Crippen LogP contribution >= 0.6 is 0 Å². The summed E-state index contributed by atoms with van der Waals surface area (Å²) in [5.41, 5.74) is 0. The fourth-order valence-corrected chi connectivity index (χ4v) is 5.05. The number of hydrogen-bond acceptors (Lipinski definition) is 4. The van der Waals surface area contributed by atoms with Gasteiger partial charge in [-0.25, -0.2) is 8.42 Å². The van der Waals surface area contributed by atoms with Crippen LogP contribution in [0.3, 0.4) is 0 Å². The van der Waals surface area contributed by atoms with E-state index >= 15 is 0 Å². The smallest absolute Gasteiger partial charge is 0.241 e. The van der Waals surface area contributed by atoms with Crippen LogP contribution in [0.4, 0.5) is 0 Å². The van der Waals surface area contributed by atoms with Crippen LogP contribution in [0.1, 0.15) is 40.0 Å². The molecule has 2 fully saturated rings. The van der Waals surface area contributed by atoms with Gasteiger partial charge >= 0.3 is 0 Å². The Hall–Kier alpha value is -0.620. The Balaban J connectivity index is 2.05. The SMILES string of the molecule is CCCC1NC(C(C)C)C(=O)N1CC1CCS(=O)(=O)C1. The van der Waals surface area contributed by atoms with Crippen LogP contribution < -0.4 is 5.32 Å². The summed E-state index contributed by atoms with van der Waals surface area (Å²) < 4.78 is 23.1. The van der Waals surface area contributed by atoms with Crippen molar-refractivity contribution in [3.63, 3.8) is 0 Å². The lowest BCUT2D eigenvalue weighted by molar-refractivity contribution is -0.131. The predicted molar refractivity (Wildman–Crippen MR) is 78.9 cm³/mol. The molecular weight excluding hydrogens is 276 g/mol. The van der Waals surface area contributed by atoms with E-state index in [1.807, 2.05) is 18.7 Å². The van der Waals surface area contributed by atoms with Crippen molar-refractivity contribution < 1.29 is 13.2 Å². The summed E-state index contributed by atoms with van der Waals surface area (Å²) >= 11 is 0. The Morgan fingerprint density at radius 2 is 2.10 bits per heavy atom. The molecule has 1 N–H and O–H groups in total. The van der Waals surface area contributed by atoms with Crippen molar-refractivity contribution in [2.45, 2.75) is 52.2 Å². The Labute approximate surface area is 122 Å². The molecule has 5 nitrogen and oxygen atoms in total. The molecule has 0 aliphatic carbocycles. The van der Waals surface area contributed by atoms with Gasteiger partial charge in [-0.2, -0.15) is 0 Å². The average molecular weight is 302 g/mol. The standard InChI is InChI=1S/C14H26N2O3S/c1-4-5-12-15-13(10(2)3)14(17)16(12)8-11-6-7-20(18,19)9-11/h10-13,15H,4-9H2,1-3H3. The first-order chi connectivity index (χ1) is 9.34. The molecule has 1 amide bonds. The summed E-state index contributed by atoms with van der Waals surface area (Å²) in [6.45, 7) is 6.77. The van der Waals surface area contributed by atoms with E-state index < -0.39 is 9.84 Å². The molecule has 2 heterocycles. The van der Waals surface area contributed by atoms with Crippen molar-refractivity contribution in [2.75, 3.05) is 18.1 Å². The number of sulfone groups is 1. The Bertz CT molecular complexity index is 461. The minimum absolute atomic E-state index is 0.0724. The van der Waals surface area contributed by atoms with E-state index in [1.165, 1.54) is 0 Å². The number of hydrogen-bond donors (Lipinski definition) is 1. The van der Waals surface area contributed by atoms with Gasteiger partial charge in [0.25, 0.3) is 0 Å². The number of nitrogens with zero attached hydrogens (tertiary/aromatic N) is 1. The molecule has 0 bridgehead atoms. The van der Waals surface area contributed by atoms with Crippen LogP contribution in [0.25, 0.3) is 0 Å². The second-order valence-corrected chi connectivity index (χ2v) is 8.68. The Kier molecular flexibility index (Phi) is 4.74. The molecule has 0 aromatic heterocycles. The van der Waals surface area contributed by atoms with E-state index in [2.05, 4.69) is 12.2 Å². The fraction of sp³-hybridized carbons (Fsp3) is 0.929. The highest BCUT2D eigenvalue weighted by molar-refractivity contribution is 7.91. The van der Waals surface area contributed by atoms with Gasteiger partial charge in [0.1, 0.15) is 0 Å². The maximum atomic E-state index is 12.5. The minimum atomic E-state index is -2.87. The van der Waals surface area contributed by atoms with Crippen molar-refractivity contribution >= 4 is 15.7 Å². The highest BCUT2D eigenvalue weighted by Gasteiger charge is 2.41. The third kappa shape index (κ3) is 3.34. The minimum Gasteiger partial charge on any atom is -0.325 e. The van der Waals surface area contributed by atoms with Crippen LogP contribution in [0, 0.1) is 11.8 Å². The lowest BCUT2D eigenvalue weighted by Crippen LogP contribution is -2.40. The van der Waals surface area contributed by atoms with Gasteiger partial charge < -0.3 is 4.90 Å². The monoisotopic (exact) mass is 302 g/mol. The van der Waals surface area contributed by atoms with Gasteiger partial charge in [-0.05, 0) is 24.7 Å². The van der Waals surface area contributed by atoms with E-state index in [-0.39, 0.29) is 41.5 Å². The summed E-state index contributed by atoms with van der Waals surface area (Å²) in [5, 5.41) is 3.41. The predicted octanol–water partition coefficient (Wildman–Crippen LogP) is 1.00. The zero-order valence-corrected chi connectivity index (χ0v) is 13.4. The summed E-state index contributed by atoms with van der Waals surface area (Å²) in [6.07, 6.45) is 2.70.